The van der Waals surface area contributed by atoms with Crippen LogP contribution in [0, 0.1) is 0 Å². The fourth-order valence-corrected chi connectivity index (χ4v) is 2.23. The summed E-state index contributed by atoms with van der Waals surface area (Å²) in [4.78, 5) is 14.5. The van der Waals surface area contributed by atoms with E-state index in [4.69, 9.17) is 0 Å². The third-order valence-corrected chi connectivity index (χ3v) is 3.41. The Bertz CT molecular complexity index is 586. The molecule has 0 aromatic heterocycles. The van der Waals surface area contributed by atoms with Crippen molar-refractivity contribution in [3.63, 3.8) is 0 Å². The average molecular weight is 269 g/mol. The van der Waals surface area contributed by atoms with E-state index in [-0.39, 0.29) is 11.5 Å². The molecule has 0 saturated carbocycles. The van der Waals surface area contributed by atoms with Crippen LogP contribution in [0.4, 0.5) is 5.69 Å². The van der Waals surface area contributed by atoms with Crippen LogP contribution in [-0.2, 0) is 0 Å². The van der Waals surface area contributed by atoms with Gasteiger partial charge in [-0.25, -0.2) is 0 Å². The standard InChI is InChI=1S/C17H19NO2/c1-3-18(4-2)14-11-9-13(10-12-14)17(20)15-7-5-6-8-16(15)19/h5-12,19H,3-4H2,1-2H3. The van der Waals surface area contributed by atoms with Crippen LogP contribution in [0.25, 0.3) is 0 Å². The molecular weight excluding hydrogens is 250 g/mol. The normalized spacial score (nSPS) is 10.3. The molecule has 2 rings (SSSR count). The van der Waals surface area contributed by atoms with Crippen LogP contribution in [0.2, 0.25) is 0 Å². The quantitative estimate of drug-likeness (QED) is 0.845. The molecule has 0 spiro atoms. The maximum Gasteiger partial charge on any atom is 0.196 e. The SMILES string of the molecule is CCN(CC)c1ccc(C(=O)c2ccccc2O)cc1. The Morgan fingerprint density at radius 3 is 2.15 bits per heavy atom. The Morgan fingerprint density at radius 1 is 1.00 bits per heavy atom. The minimum atomic E-state index is -0.158. The molecule has 0 fully saturated rings. The number of phenols is 1. The van der Waals surface area contributed by atoms with E-state index in [0.717, 1.165) is 18.8 Å². The molecule has 3 heteroatoms. The van der Waals surface area contributed by atoms with Crippen molar-refractivity contribution in [2.45, 2.75) is 13.8 Å². The van der Waals surface area contributed by atoms with Gasteiger partial charge in [0.15, 0.2) is 5.78 Å². The van der Waals surface area contributed by atoms with E-state index >= 15 is 0 Å². The molecule has 0 radical (unpaired) electrons. The Hall–Kier alpha value is -2.29. The summed E-state index contributed by atoms with van der Waals surface area (Å²) in [6, 6.07) is 14.1. The largest absolute Gasteiger partial charge is 0.507 e. The van der Waals surface area contributed by atoms with Gasteiger partial charge >= 0.3 is 0 Å². The van der Waals surface area contributed by atoms with Crippen LogP contribution >= 0.6 is 0 Å². The number of nitrogens with zero attached hydrogens (tertiary/aromatic N) is 1. The number of ketones is 1. The number of anilines is 1. The lowest BCUT2D eigenvalue weighted by molar-refractivity contribution is 0.103. The maximum absolute atomic E-state index is 12.3. The first-order valence-electron chi connectivity index (χ1n) is 6.85. The number of carbonyl (C=O) groups excluding carboxylic acids is 1. The summed E-state index contributed by atoms with van der Waals surface area (Å²) in [5.74, 6) is -0.139. The number of hydrogen-bond acceptors (Lipinski definition) is 3. The second kappa shape index (κ2) is 6.24. The van der Waals surface area contributed by atoms with Crippen molar-refractivity contribution in [3.8, 4) is 5.75 Å². The molecule has 3 nitrogen and oxygen atoms in total. The van der Waals surface area contributed by atoms with E-state index in [2.05, 4.69) is 18.7 Å². The third kappa shape index (κ3) is 2.82. The fourth-order valence-electron chi connectivity index (χ4n) is 2.23. The van der Waals surface area contributed by atoms with Gasteiger partial charge < -0.3 is 10.0 Å². The predicted molar refractivity (Wildman–Crippen MR) is 81.5 cm³/mol. The monoisotopic (exact) mass is 269 g/mol. The maximum atomic E-state index is 12.3. The molecule has 0 heterocycles. The van der Waals surface area contributed by atoms with Gasteiger partial charge in [-0.1, -0.05) is 12.1 Å². The zero-order valence-corrected chi connectivity index (χ0v) is 11.8. The van der Waals surface area contributed by atoms with Crippen molar-refractivity contribution in [3.05, 3.63) is 59.7 Å². The molecule has 20 heavy (non-hydrogen) atoms. The van der Waals surface area contributed by atoms with Gasteiger partial charge in [0.2, 0.25) is 0 Å². The van der Waals surface area contributed by atoms with E-state index in [1.807, 2.05) is 24.3 Å². The van der Waals surface area contributed by atoms with Crippen molar-refractivity contribution in [1.29, 1.82) is 0 Å². The van der Waals surface area contributed by atoms with Gasteiger partial charge in [0.25, 0.3) is 0 Å². The van der Waals surface area contributed by atoms with Crippen molar-refractivity contribution in [1.82, 2.24) is 0 Å². The first-order chi connectivity index (χ1) is 9.67. The Balaban J connectivity index is 2.26. The number of phenolic OH excluding ortho intramolecular Hbond substituents is 1. The van der Waals surface area contributed by atoms with Crippen molar-refractivity contribution in [2.75, 3.05) is 18.0 Å². The summed E-state index contributed by atoms with van der Waals surface area (Å²) in [6.45, 7) is 6.07. The van der Waals surface area contributed by atoms with Gasteiger partial charge in [-0.05, 0) is 50.2 Å². The molecule has 1 N–H and O–H groups in total. The Kier molecular flexibility index (Phi) is 4.41. The lowest BCUT2D eigenvalue weighted by Crippen LogP contribution is -2.21. The molecule has 0 aliphatic carbocycles. The average Bonchev–Trinajstić information content (AvgIpc) is 2.49. The van der Waals surface area contributed by atoms with E-state index in [1.54, 1.807) is 18.2 Å². The number of aromatic hydroxyl groups is 1. The van der Waals surface area contributed by atoms with Crippen molar-refractivity contribution in [2.24, 2.45) is 0 Å². The topological polar surface area (TPSA) is 40.5 Å². The van der Waals surface area contributed by atoms with Crippen molar-refractivity contribution < 1.29 is 9.90 Å². The number of para-hydroxylation sites is 1. The predicted octanol–water partition coefficient (Wildman–Crippen LogP) is 3.47. The second-order valence-corrected chi connectivity index (χ2v) is 4.57. The van der Waals surface area contributed by atoms with E-state index in [1.165, 1.54) is 6.07 Å². The highest BCUT2D eigenvalue weighted by Crippen LogP contribution is 2.21. The highest BCUT2D eigenvalue weighted by atomic mass is 16.3. The fraction of sp³-hybridized carbons (Fsp3) is 0.235. The lowest BCUT2D eigenvalue weighted by Gasteiger charge is -2.21. The van der Waals surface area contributed by atoms with Crippen LogP contribution in [0.3, 0.4) is 0 Å². The summed E-state index contributed by atoms with van der Waals surface area (Å²) in [6.07, 6.45) is 0. The first kappa shape index (κ1) is 14.1. The highest BCUT2D eigenvalue weighted by molar-refractivity contribution is 6.10. The van der Waals surface area contributed by atoms with Gasteiger partial charge in [0.1, 0.15) is 5.75 Å². The third-order valence-electron chi connectivity index (χ3n) is 3.41. The van der Waals surface area contributed by atoms with Gasteiger partial charge in [-0.3, -0.25) is 4.79 Å². The van der Waals surface area contributed by atoms with Crippen LogP contribution in [0.5, 0.6) is 5.75 Å². The van der Waals surface area contributed by atoms with Crippen LogP contribution in [0.15, 0.2) is 48.5 Å². The number of carbonyl (C=O) groups is 1. The van der Waals surface area contributed by atoms with E-state index in [9.17, 15) is 9.90 Å². The van der Waals surface area contributed by atoms with Crippen LogP contribution in [0.1, 0.15) is 29.8 Å². The summed E-state index contributed by atoms with van der Waals surface area (Å²) in [7, 11) is 0. The summed E-state index contributed by atoms with van der Waals surface area (Å²) in [5.41, 5.74) is 2.02. The van der Waals surface area contributed by atoms with E-state index < -0.39 is 0 Å². The molecule has 2 aromatic rings. The first-order valence-corrected chi connectivity index (χ1v) is 6.85. The molecule has 0 saturated heterocycles. The van der Waals surface area contributed by atoms with Gasteiger partial charge in [-0.2, -0.15) is 0 Å². The van der Waals surface area contributed by atoms with Gasteiger partial charge in [0, 0.05) is 24.3 Å². The minimum Gasteiger partial charge on any atom is -0.507 e. The Labute approximate surface area is 119 Å². The number of benzene rings is 2. The smallest absolute Gasteiger partial charge is 0.196 e. The lowest BCUT2D eigenvalue weighted by atomic mass is 10.0. The summed E-state index contributed by atoms with van der Waals surface area (Å²) in [5, 5.41) is 9.73. The van der Waals surface area contributed by atoms with Crippen LogP contribution < -0.4 is 4.90 Å². The highest BCUT2D eigenvalue weighted by Gasteiger charge is 2.13. The molecule has 0 atom stereocenters. The second-order valence-electron chi connectivity index (χ2n) is 4.57. The number of rotatable bonds is 5. The molecule has 0 unspecified atom stereocenters. The molecule has 104 valence electrons. The zero-order valence-electron chi connectivity index (χ0n) is 11.8. The summed E-state index contributed by atoms with van der Waals surface area (Å²) >= 11 is 0. The summed E-state index contributed by atoms with van der Waals surface area (Å²) < 4.78 is 0. The van der Waals surface area contributed by atoms with Gasteiger partial charge in [-0.15, -0.1) is 0 Å². The number of hydrogen-bond donors (Lipinski definition) is 1. The molecule has 0 aliphatic rings. The zero-order chi connectivity index (χ0) is 14.5. The van der Waals surface area contributed by atoms with Crippen LogP contribution in [-0.4, -0.2) is 24.0 Å². The van der Waals surface area contributed by atoms with Crippen molar-refractivity contribution >= 4 is 11.5 Å². The minimum absolute atomic E-state index is 0.0188. The van der Waals surface area contributed by atoms with E-state index in [0.29, 0.717) is 11.1 Å². The molecule has 0 bridgehead atoms. The Morgan fingerprint density at radius 2 is 1.60 bits per heavy atom. The molecular formula is C17H19NO2. The molecule has 0 amide bonds. The molecule has 2 aromatic carbocycles. The molecule has 0 aliphatic heterocycles. The van der Waals surface area contributed by atoms with Gasteiger partial charge in [0.05, 0.1) is 5.56 Å².